The van der Waals surface area contributed by atoms with E-state index < -0.39 is 0 Å². The van der Waals surface area contributed by atoms with Crippen molar-refractivity contribution >= 4 is 11.8 Å². The Balaban J connectivity index is 2.01. The van der Waals surface area contributed by atoms with Gasteiger partial charge >= 0.3 is 0 Å². The molecule has 1 aromatic carbocycles. The fourth-order valence-electron chi connectivity index (χ4n) is 1.40. The number of aromatic nitrogens is 2. The number of benzene rings is 1. The molecule has 0 atom stereocenters. The molecule has 1 heterocycles. The second-order valence-corrected chi connectivity index (χ2v) is 4.47. The van der Waals surface area contributed by atoms with Gasteiger partial charge in [0.2, 0.25) is 0 Å². The Hall–Kier alpha value is -1.83. The van der Waals surface area contributed by atoms with E-state index in [2.05, 4.69) is 33.9 Å². The van der Waals surface area contributed by atoms with Crippen molar-refractivity contribution in [3.63, 3.8) is 0 Å². The summed E-state index contributed by atoms with van der Waals surface area (Å²) in [6.45, 7) is 0.386. The van der Waals surface area contributed by atoms with Crippen molar-refractivity contribution in [2.24, 2.45) is 5.73 Å². The third-order valence-corrected chi connectivity index (χ3v) is 3.12. The van der Waals surface area contributed by atoms with E-state index in [-0.39, 0.29) is 0 Å². The zero-order valence-corrected chi connectivity index (χ0v) is 10.7. The average molecular weight is 255 g/mol. The molecule has 2 rings (SSSR count). The summed E-state index contributed by atoms with van der Waals surface area (Å²) in [6, 6.07) is 9.94. The Kier molecular flexibility index (Phi) is 4.77. The van der Waals surface area contributed by atoms with Gasteiger partial charge in [-0.15, -0.1) is 0 Å². The second-order valence-electron chi connectivity index (χ2n) is 3.53. The molecule has 0 saturated carbocycles. The topological polar surface area (TPSA) is 51.8 Å². The monoisotopic (exact) mass is 255 g/mol. The lowest BCUT2D eigenvalue weighted by Crippen LogP contribution is -1.93. The van der Waals surface area contributed by atoms with Gasteiger partial charge in [0, 0.05) is 23.7 Å². The lowest BCUT2D eigenvalue weighted by molar-refractivity contribution is 0.966. The van der Waals surface area contributed by atoms with Crippen molar-refractivity contribution in [2.45, 2.75) is 10.9 Å². The molecular weight excluding hydrogens is 242 g/mol. The van der Waals surface area contributed by atoms with E-state index >= 15 is 0 Å². The number of hydrogen-bond acceptors (Lipinski definition) is 4. The molecule has 0 aliphatic rings. The van der Waals surface area contributed by atoms with Gasteiger partial charge in [0.15, 0.2) is 5.16 Å². The number of thioether (sulfide) groups is 1. The molecule has 90 valence electrons. The van der Waals surface area contributed by atoms with Gasteiger partial charge in [-0.05, 0) is 23.8 Å². The van der Waals surface area contributed by atoms with E-state index in [0.29, 0.717) is 6.54 Å². The summed E-state index contributed by atoms with van der Waals surface area (Å²) in [6.07, 6.45) is 3.50. The molecule has 0 spiro atoms. The van der Waals surface area contributed by atoms with Crippen LogP contribution < -0.4 is 5.73 Å². The molecule has 0 radical (unpaired) electrons. The summed E-state index contributed by atoms with van der Waals surface area (Å²) in [5.41, 5.74) is 7.55. The fourth-order valence-corrected chi connectivity index (χ4v) is 2.15. The molecule has 0 saturated heterocycles. The molecule has 18 heavy (non-hydrogen) atoms. The van der Waals surface area contributed by atoms with Gasteiger partial charge in [0.05, 0.1) is 6.54 Å². The minimum atomic E-state index is 0.386. The summed E-state index contributed by atoms with van der Waals surface area (Å²) < 4.78 is 0. The third-order valence-electron chi connectivity index (χ3n) is 2.17. The highest BCUT2D eigenvalue weighted by molar-refractivity contribution is 7.98. The molecule has 0 aliphatic carbocycles. The zero-order valence-electron chi connectivity index (χ0n) is 9.84. The number of nitrogens with zero attached hydrogens (tertiary/aromatic N) is 2. The van der Waals surface area contributed by atoms with E-state index in [1.54, 1.807) is 24.2 Å². The lowest BCUT2D eigenvalue weighted by atomic mass is 10.1. The predicted octanol–water partition coefficient (Wildman–Crippen LogP) is 2.08. The van der Waals surface area contributed by atoms with Crippen LogP contribution in [0.2, 0.25) is 0 Å². The molecule has 2 aromatic rings. The molecule has 3 nitrogen and oxygen atoms in total. The van der Waals surface area contributed by atoms with Crippen LogP contribution in [-0.4, -0.2) is 16.5 Å². The van der Waals surface area contributed by atoms with E-state index in [9.17, 15) is 0 Å². The zero-order chi connectivity index (χ0) is 12.6. The van der Waals surface area contributed by atoms with Crippen LogP contribution in [0.5, 0.6) is 0 Å². The van der Waals surface area contributed by atoms with Crippen molar-refractivity contribution in [2.75, 3.05) is 6.54 Å². The van der Waals surface area contributed by atoms with Crippen LogP contribution >= 0.6 is 11.8 Å². The number of hydrogen-bond donors (Lipinski definition) is 1. The van der Waals surface area contributed by atoms with Gasteiger partial charge in [-0.25, -0.2) is 9.97 Å². The van der Waals surface area contributed by atoms with Crippen molar-refractivity contribution < 1.29 is 0 Å². The van der Waals surface area contributed by atoms with Crippen LogP contribution in [0.25, 0.3) is 0 Å². The van der Waals surface area contributed by atoms with Crippen molar-refractivity contribution in [1.82, 2.24) is 9.97 Å². The fraction of sp³-hybridized carbons (Fsp3) is 0.143. The second kappa shape index (κ2) is 6.80. The van der Waals surface area contributed by atoms with Gasteiger partial charge in [-0.3, -0.25) is 0 Å². The van der Waals surface area contributed by atoms with Crippen molar-refractivity contribution in [1.29, 1.82) is 0 Å². The smallest absolute Gasteiger partial charge is 0.187 e. The maximum atomic E-state index is 5.35. The van der Waals surface area contributed by atoms with Gasteiger partial charge in [-0.2, -0.15) is 0 Å². The first-order chi connectivity index (χ1) is 8.88. The first kappa shape index (κ1) is 12.6. The van der Waals surface area contributed by atoms with Crippen LogP contribution in [0, 0.1) is 11.8 Å². The molecule has 2 N–H and O–H groups in total. The highest BCUT2D eigenvalue weighted by atomic mass is 32.2. The Morgan fingerprint density at radius 3 is 2.78 bits per heavy atom. The Morgan fingerprint density at radius 2 is 2.00 bits per heavy atom. The Bertz CT molecular complexity index is 558. The van der Waals surface area contributed by atoms with Crippen LogP contribution in [0.15, 0.2) is 47.9 Å². The molecule has 0 amide bonds. The summed E-state index contributed by atoms with van der Waals surface area (Å²) in [5.74, 6) is 6.71. The Labute approximate surface area is 111 Å². The number of nitrogens with two attached hydrogens (primary N) is 1. The maximum Gasteiger partial charge on any atom is 0.187 e. The van der Waals surface area contributed by atoms with Crippen LogP contribution in [0.1, 0.15) is 11.1 Å². The molecule has 0 aliphatic heterocycles. The van der Waals surface area contributed by atoms with Gasteiger partial charge in [-0.1, -0.05) is 35.7 Å². The highest BCUT2D eigenvalue weighted by Crippen LogP contribution is 2.18. The number of rotatable bonds is 3. The summed E-state index contributed by atoms with van der Waals surface area (Å²) in [5, 5.41) is 0.788. The highest BCUT2D eigenvalue weighted by Gasteiger charge is 1.98. The molecular formula is C14H13N3S. The van der Waals surface area contributed by atoms with Gasteiger partial charge in [0.1, 0.15) is 0 Å². The summed E-state index contributed by atoms with van der Waals surface area (Å²) in [7, 11) is 0. The average Bonchev–Trinajstić information content (AvgIpc) is 2.44. The minimum absolute atomic E-state index is 0.386. The first-order valence-electron chi connectivity index (χ1n) is 5.56. The molecule has 0 unspecified atom stereocenters. The van der Waals surface area contributed by atoms with E-state index in [1.165, 1.54) is 5.56 Å². The normalized spacial score (nSPS) is 9.61. The summed E-state index contributed by atoms with van der Waals surface area (Å²) >= 11 is 1.61. The van der Waals surface area contributed by atoms with Crippen LogP contribution in [0.4, 0.5) is 0 Å². The van der Waals surface area contributed by atoms with Gasteiger partial charge < -0.3 is 5.73 Å². The maximum absolute atomic E-state index is 5.35. The van der Waals surface area contributed by atoms with E-state index in [1.807, 2.05) is 18.2 Å². The third kappa shape index (κ3) is 3.88. The van der Waals surface area contributed by atoms with Crippen LogP contribution in [0.3, 0.4) is 0 Å². The Morgan fingerprint density at radius 1 is 1.17 bits per heavy atom. The quantitative estimate of drug-likeness (QED) is 0.518. The van der Waals surface area contributed by atoms with Crippen molar-refractivity contribution in [3.05, 3.63) is 53.9 Å². The largest absolute Gasteiger partial charge is 0.320 e. The molecule has 0 bridgehead atoms. The van der Waals surface area contributed by atoms with E-state index in [0.717, 1.165) is 16.5 Å². The SMILES string of the molecule is NCC#Cc1cccc(CSc2ncccn2)c1. The lowest BCUT2D eigenvalue weighted by Gasteiger charge is -2.01. The van der Waals surface area contributed by atoms with Gasteiger partial charge in [0.25, 0.3) is 0 Å². The minimum Gasteiger partial charge on any atom is -0.320 e. The standard InChI is InChI=1S/C14H13N3S/c15-7-2-6-12-4-1-5-13(10-12)11-18-14-16-8-3-9-17-14/h1,3-5,8-10H,7,11,15H2. The van der Waals surface area contributed by atoms with Crippen molar-refractivity contribution in [3.8, 4) is 11.8 Å². The predicted molar refractivity (Wildman–Crippen MR) is 74.0 cm³/mol. The first-order valence-corrected chi connectivity index (χ1v) is 6.55. The molecule has 0 fully saturated rings. The molecule has 1 aromatic heterocycles. The van der Waals surface area contributed by atoms with E-state index in [4.69, 9.17) is 5.73 Å². The van der Waals surface area contributed by atoms with Crippen LogP contribution in [-0.2, 0) is 5.75 Å². The molecule has 4 heteroatoms. The summed E-state index contributed by atoms with van der Waals surface area (Å²) in [4.78, 5) is 8.35.